The number of hydrogen-bond donors (Lipinski definition) is 4. The number of benzene rings is 1. The molecule has 1 heterocycles. The first-order chi connectivity index (χ1) is 11.3. The molecule has 0 saturated heterocycles. The Bertz CT molecular complexity index is 699. The van der Waals surface area contributed by atoms with Crippen molar-refractivity contribution >= 4 is 28.9 Å². The molecule has 2 aromatic rings. The minimum Gasteiger partial charge on any atom is -0.473 e. The molecule has 1 aromatic heterocycles. The summed E-state index contributed by atoms with van der Waals surface area (Å²) in [4.78, 5) is 39.3. The first-order valence-electron chi connectivity index (χ1n) is 7.13. The predicted octanol–water partition coefficient (Wildman–Crippen LogP) is 0.400. The van der Waals surface area contributed by atoms with Crippen molar-refractivity contribution < 1.29 is 24.6 Å². The highest BCUT2D eigenvalue weighted by atomic mass is 16.4. The molecule has 9 heteroatoms. The molecule has 0 spiro atoms. The summed E-state index contributed by atoms with van der Waals surface area (Å²) in [6.07, 6.45) is 2.58. The molecule has 0 aliphatic carbocycles. The van der Waals surface area contributed by atoms with Gasteiger partial charge in [0.15, 0.2) is 0 Å². The number of aromatic amines is 1. The summed E-state index contributed by atoms with van der Waals surface area (Å²) >= 11 is 0. The van der Waals surface area contributed by atoms with Crippen molar-refractivity contribution in [2.75, 3.05) is 27.2 Å². The Kier molecular flexibility index (Phi) is 7.37. The maximum atomic E-state index is 11.9. The average Bonchev–Trinajstić information content (AvgIpc) is 2.99. The Morgan fingerprint density at radius 1 is 1.21 bits per heavy atom. The van der Waals surface area contributed by atoms with Crippen molar-refractivity contribution in [1.82, 2.24) is 20.2 Å². The summed E-state index contributed by atoms with van der Waals surface area (Å²) in [6, 6.07) is 5.47. The fraction of sp³-hybridized carbons (Fsp3) is 0.333. The zero-order chi connectivity index (χ0) is 18.1. The Labute approximate surface area is 138 Å². The maximum Gasteiger partial charge on any atom is 0.414 e. The van der Waals surface area contributed by atoms with Gasteiger partial charge in [0.25, 0.3) is 5.91 Å². The molecular formula is C15H20N4O5. The van der Waals surface area contributed by atoms with Crippen molar-refractivity contribution in [2.45, 2.75) is 6.42 Å². The third kappa shape index (κ3) is 6.44. The van der Waals surface area contributed by atoms with Gasteiger partial charge in [0.1, 0.15) is 0 Å². The van der Waals surface area contributed by atoms with Crippen LogP contribution in [0.3, 0.4) is 0 Å². The van der Waals surface area contributed by atoms with Gasteiger partial charge in [-0.1, -0.05) is 0 Å². The monoisotopic (exact) mass is 336 g/mol. The summed E-state index contributed by atoms with van der Waals surface area (Å²) < 4.78 is 0. The lowest BCUT2D eigenvalue weighted by molar-refractivity contribution is -0.159. The lowest BCUT2D eigenvalue weighted by atomic mass is 10.2. The van der Waals surface area contributed by atoms with E-state index in [9.17, 15) is 4.79 Å². The SMILES string of the molecule is CN(C)CCCNC(=O)c1ccc2nc[nH]c2c1.O=C(O)C(=O)O. The second kappa shape index (κ2) is 9.26. The van der Waals surface area contributed by atoms with E-state index in [4.69, 9.17) is 19.8 Å². The smallest absolute Gasteiger partial charge is 0.414 e. The van der Waals surface area contributed by atoms with E-state index in [1.54, 1.807) is 12.4 Å². The number of imidazole rings is 1. The zero-order valence-corrected chi connectivity index (χ0v) is 13.4. The Hall–Kier alpha value is -2.94. The highest BCUT2D eigenvalue weighted by molar-refractivity contribution is 6.27. The van der Waals surface area contributed by atoms with Gasteiger partial charge in [0, 0.05) is 12.1 Å². The number of aromatic nitrogens is 2. The number of amides is 1. The number of carbonyl (C=O) groups excluding carboxylic acids is 1. The number of carbonyl (C=O) groups is 3. The summed E-state index contributed by atoms with van der Waals surface area (Å²) in [5.74, 6) is -3.68. The van der Waals surface area contributed by atoms with Crippen molar-refractivity contribution in [2.24, 2.45) is 0 Å². The molecule has 0 fully saturated rings. The molecule has 0 aliphatic heterocycles. The summed E-state index contributed by atoms with van der Waals surface area (Å²) in [5, 5.41) is 17.7. The van der Waals surface area contributed by atoms with Crippen LogP contribution < -0.4 is 5.32 Å². The Morgan fingerprint density at radius 3 is 2.46 bits per heavy atom. The quantitative estimate of drug-likeness (QED) is 0.458. The minimum atomic E-state index is -1.82. The number of fused-ring (bicyclic) bond motifs is 1. The van der Waals surface area contributed by atoms with Crippen LogP contribution in [0, 0.1) is 0 Å². The van der Waals surface area contributed by atoms with Crippen LogP contribution in [-0.4, -0.2) is 70.1 Å². The van der Waals surface area contributed by atoms with E-state index in [-0.39, 0.29) is 5.91 Å². The van der Waals surface area contributed by atoms with E-state index in [1.165, 1.54) is 0 Å². The lowest BCUT2D eigenvalue weighted by Gasteiger charge is -2.09. The fourth-order valence-corrected chi connectivity index (χ4v) is 1.78. The van der Waals surface area contributed by atoms with Crippen LogP contribution in [-0.2, 0) is 9.59 Å². The number of aliphatic carboxylic acids is 2. The predicted molar refractivity (Wildman–Crippen MR) is 86.9 cm³/mol. The van der Waals surface area contributed by atoms with Crippen LogP contribution >= 0.6 is 0 Å². The molecule has 1 aromatic carbocycles. The van der Waals surface area contributed by atoms with Gasteiger partial charge in [0.05, 0.1) is 17.4 Å². The lowest BCUT2D eigenvalue weighted by Crippen LogP contribution is -2.27. The summed E-state index contributed by atoms with van der Waals surface area (Å²) in [7, 11) is 4.04. The Balaban J connectivity index is 0.000000413. The van der Waals surface area contributed by atoms with E-state index in [0.717, 1.165) is 24.0 Å². The van der Waals surface area contributed by atoms with Crippen LogP contribution in [0.4, 0.5) is 0 Å². The molecule has 2 rings (SSSR count). The third-order valence-corrected chi connectivity index (χ3v) is 2.93. The van der Waals surface area contributed by atoms with Crippen molar-refractivity contribution in [1.29, 1.82) is 0 Å². The normalized spacial score (nSPS) is 10.1. The standard InChI is InChI=1S/C13H18N4O.C2H2O4/c1-17(2)7-3-6-14-13(18)10-4-5-11-12(8-10)16-9-15-11;3-1(4)2(5)6/h4-5,8-9H,3,6-7H2,1-2H3,(H,14,18)(H,15,16);(H,3,4)(H,5,6). The van der Waals surface area contributed by atoms with Gasteiger partial charge in [-0.2, -0.15) is 0 Å². The molecule has 0 atom stereocenters. The van der Waals surface area contributed by atoms with Gasteiger partial charge in [-0.3, -0.25) is 4.79 Å². The van der Waals surface area contributed by atoms with E-state index in [0.29, 0.717) is 12.1 Å². The average molecular weight is 336 g/mol. The maximum absolute atomic E-state index is 11.9. The van der Waals surface area contributed by atoms with Gasteiger partial charge >= 0.3 is 11.9 Å². The van der Waals surface area contributed by atoms with Crippen molar-refractivity contribution in [3.05, 3.63) is 30.1 Å². The topological polar surface area (TPSA) is 136 Å². The number of nitrogens with zero attached hydrogens (tertiary/aromatic N) is 2. The first kappa shape index (κ1) is 19.1. The molecular weight excluding hydrogens is 316 g/mol. The minimum absolute atomic E-state index is 0.0368. The molecule has 0 unspecified atom stereocenters. The van der Waals surface area contributed by atoms with E-state index in [1.807, 2.05) is 26.2 Å². The number of H-pyrrole nitrogens is 1. The summed E-state index contributed by atoms with van der Waals surface area (Å²) in [6.45, 7) is 1.66. The van der Waals surface area contributed by atoms with E-state index >= 15 is 0 Å². The molecule has 0 saturated carbocycles. The number of rotatable bonds is 5. The third-order valence-electron chi connectivity index (χ3n) is 2.93. The number of carboxylic acid groups (broad SMARTS) is 2. The van der Waals surface area contributed by atoms with Gasteiger partial charge in [-0.25, -0.2) is 14.6 Å². The van der Waals surface area contributed by atoms with Crippen LogP contribution in [0.5, 0.6) is 0 Å². The van der Waals surface area contributed by atoms with Crippen molar-refractivity contribution in [3.63, 3.8) is 0 Å². The first-order valence-corrected chi connectivity index (χ1v) is 7.13. The van der Waals surface area contributed by atoms with Crippen LogP contribution in [0.15, 0.2) is 24.5 Å². The van der Waals surface area contributed by atoms with Crippen LogP contribution in [0.25, 0.3) is 11.0 Å². The van der Waals surface area contributed by atoms with E-state index in [2.05, 4.69) is 20.2 Å². The van der Waals surface area contributed by atoms with Gasteiger partial charge in [0.2, 0.25) is 0 Å². The molecule has 9 nitrogen and oxygen atoms in total. The summed E-state index contributed by atoms with van der Waals surface area (Å²) in [5.41, 5.74) is 2.42. The number of carboxylic acids is 2. The highest BCUT2D eigenvalue weighted by Gasteiger charge is 2.06. The van der Waals surface area contributed by atoms with Crippen molar-refractivity contribution in [3.8, 4) is 0 Å². The fourth-order valence-electron chi connectivity index (χ4n) is 1.78. The molecule has 4 N–H and O–H groups in total. The molecule has 0 aliphatic rings. The highest BCUT2D eigenvalue weighted by Crippen LogP contribution is 2.11. The van der Waals surface area contributed by atoms with Crippen LogP contribution in [0.1, 0.15) is 16.8 Å². The Morgan fingerprint density at radius 2 is 1.88 bits per heavy atom. The molecule has 130 valence electrons. The van der Waals surface area contributed by atoms with Gasteiger partial charge < -0.3 is 25.4 Å². The van der Waals surface area contributed by atoms with Gasteiger partial charge in [-0.15, -0.1) is 0 Å². The second-order valence-electron chi connectivity index (χ2n) is 5.16. The molecule has 0 radical (unpaired) electrons. The second-order valence-corrected chi connectivity index (χ2v) is 5.16. The zero-order valence-electron chi connectivity index (χ0n) is 13.4. The van der Waals surface area contributed by atoms with Gasteiger partial charge in [-0.05, 0) is 45.3 Å². The number of nitrogens with one attached hydrogen (secondary N) is 2. The molecule has 24 heavy (non-hydrogen) atoms. The van der Waals surface area contributed by atoms with E-state index < -0.39 is 11.9 Å². The largest absolute Gasteiger partial charge is 0.473 e. The van der Waals surface area contributed by atoms with Crippen LogP contribution in [0.2, 0.25) is 0 Å². The molecule has 0 bridgehead atoms. The number of hydrogen-bond acceptors (Lipinski definition) is 5. The molecule has 1 amide bonds.